The van der Waals surface area contributed by atoms with Gasteiger partial charge in [-0.1, -0.05) is 137 Å². The molecule has 41 heavy (non-hydrogen) atoms. The lowest BCUT2D eigenvalue weighted by Gasteiger charge is -2.25. The molecule has 3 nitrogen and oxygen atoms in total. The molecule has 0 atom stereocenters. The molecule has 0 aliphatic heterocycles. The van der Waals surface area contributed by atoms with Crippen LogP contribution in [0.15, 0.2) is 146 Å². The third-order valence-corrected chi connectivity index (χ3v) is 5.66. The first-order valence-corrected chi connectivity index (χ1v) is 14.1. The summed E-state index contributed by atoms with van der Waals surface area (Å²) >= 11 is 0. The van der Waals surface area contributed by atoms with E-state index >= 15 is 0 Å². The first-order valence-electron chi connectivity index (χ1n) is 14.1. The third kappa shape index (κ3) is 10.6. The molecule has 5 rings (SSSR count). The van der Waals surface area contributed by atoms with Crippen LogP contribution in [0.1, 0.15) is 44.4 Å². The number of anilines is 3. The number of benzene rings is 5. The summed E-state index contributed by atoms with van der Waals surface area (Å²) in [7, 11) is 2.00. The van der Waals surface area contributed by atoms with Crippen LogP contribution in [0.5, 0.6) is 0 Å². The van der Waals surface area contributed by atoms with Crippen LogP contribution in [-0.2, 0) is 0 Å². The zero-order valence-electron chi connectivity index (χ0n) is 25.3. The summed E-state index contributed by atoms with van der Waals surface area (Å²) in [6.07, 6.45) is 2.27. The summed E-state index contributed by atoms with van der Waals surface area (Å²) in [4.78, 5) is 2.28. The molecular formula is C38H45NO2. The molecule has 2 N–H and O–H groups in total. The standard InChI is InChI=1S/C32H25N.2C2H6.2CH4O/c1-5-13-27(14-6-1)32(28-15-7-2-8-16-28)25-26-21-23-31(24-22-26)33(29-17-9-3-10-18-29)30-19-11-4-12-20-30;4*1-2/h1-25H;2*1-2H3;2*2H,1H3. The Bertz CT molecular complexity index is 1240. The van der Waals surface area contributed by atoms with E-state index in [2.05, 4.69) is 157 Å². The highest BCUT2D eigenvalue weighted by atomic mass is 16.2. The topological polar surface area (TPSA) is 43.7 Å². The number of para-hydroxylation sites is 2. The monoisotopic (exact) mass is 547 g/mol. The fourth-order valence-electron chi connectivity index (χ4n) is 4.06. The van der Waals surface area contributed by atoms with Crippen molar-refractivity contribution in [2.24, 2.45) is 0 Å². The van der Waals surface area contributed by atoms with E-state index in [0.717, 1.165) is 31.3 Å². The lowest BCUT2D eigenvalue weighted by atomic mass is 9.95. The summed E-state index contributed by atoms with van der Waals surface area (Å²) in [6.45, 7) is 8.00. The molecule has 0 aromatic heterocycles. The molecule has 3 heteroatoms. The SMILES string of the molecule is C(=C(c1ccccc1)c1ccccc1)c1ccc(N(c2ccccc2)c2ccccc2)cc1.CC.CC.CO.CO. The minimum atomic E-state index is 1.00. The van der Waals surface area contributed by atoms with Crippen molar-refractivity contribution in [1.29, 1.82) is 0 Å². The van der Waals surface area contributed by atoms with E-state index in [9.17, 15) is 0 Å². The Morgan fingerprint density at radius 3 is 1.05 bits per heavy atom. The van der Waals surface area contributed by atoms with Crippen molar-refractivity contribution < 1.29 is 10.2 Å². The van der Waals surface area contributed by atoms with Gasteiger partial charge in [0.15, 0.2) is 0 Å². The molecule has 0 fully saturated rings. The molecule has 0 bridgehead atoms. The molecule has 0 saturated carbocycles. The maximum absolute atomic E-state index is 7.00. The number of hydrogen-bond acceptors (Lipinski definition) is 3. The molecule has 0 saturated heterocycles. The molecule has 0 aliphatic carbocycles. The Labute approximate surface area is 247 Å². The van der Waals surface area contributed by atoms with Crippen LogP contribution in [0.25, 0.3) is 11.6 Å². The van der Waals surface area contributed by atoms with E-state index in [1.54, 1.807) is 0 Å². The van der Waals surface area contributed by atoms with Crippen molar-refractivity contribution in [3.8, 4) is 0 Å². The Morgan fingerprint density at radius 1 is 0.415 bits per heavy atom. The van der Waals surface area contributed by atoms with E-state index in [0.29, 0.717) is 0 Å². The van der Waals surface area contributed by atoms with Crippen LogP contribution in [0.2, 0.25) is 0 Å². The minimum absolute atomic E-state index is 1.00. The van der Waals surface area contributed by atoms with Gasteiger partial charge in [-0.15, -0.1) is 0 Å². The minimum Gasteiger partial charge on any atom is -0.400 e. The van der Waals surface area contributed by atoms with Gasteiger partial charge >= 0.3 is 0 Å². The molecule has 5 aromatic carbocycles. The van der Waals surface area contributed by atoms with Crippen molar-refractivity contribution in [3.63, 3.8) is 0 Å². The fraction of sp³-hybridized carbons (Fsp3) is 0.158. The number of nitrogens with zero attached hydrogens (tertiary/aromatic N) is 1. The molecule has 0 radical (unpaired) electrons. The quantitative estimate of drug-likeness (QED) is 0.208. The molecule has 214 valence electrons. The van der Waals surface area contributed by atoms with Gasteiger partial charge in [0, 0.05) is 31.3 Å². The number of rotatable bonds is 6. The Kier molecular flexibility index (Phi) is 18.0. The van der Waals surface area contributed by atoms with Crippen LogP contribution in [0.4, 0.5) is 17.1 Å². The molecular weight excluding hydrogens is 502 g/mol. The van der Waals surface area contributed by atoms with Crippen LogP contribution >= 0.6 is 0 Å². The van der Waals surface area contributed by atoms with Crippen molar-refractivity contribution in [1.82, 2.24) is 0 Å². The fourth-order valence-corrected chi connectivity index (χ4v) is 4.06. The normalized spacial score (nSPS) is 8.98. The third-order valence-electron chi connectivity index (χ3n) is 5.66. The van der Waals surface area contributed by atoms with Gasteiger partial charge in [0.05, 0.1) is 0 Å². The number of aliphatic hydroxyl groups is 2. The highest BCUT2D eigenvalue weighted by Gasteiger charge is 2.12. The van der Waals surface area contributed by atoms with Gasteiger partial charge in [-0.3, -0.25) is 0 Å². The zero-order valence-corrected chi connectivity index (χ0v) is 25.3. The van der Waals surface area contributed by atoms with Crippen molar-refractivity contribution in [2.45, 2.75) is 27.7 Å². The molecule has 0 aliphatic rings. The van der Waals surface area contributed by atoms with Gasteiger partial charge in [0.2, 0.25) is 0 Å². The Hall–Kier alpha value is -4.44. The summed E-state index contributed by atoms with van der Waals surface area (Å²) < 4.78 is 0. The predicted molar refractivity (Wildman–Crippen MR) is 180 cm³/mol. The lowest BCUT2D eigenvalue weighted by molar-refractivity contribution is 0.399. The van der Waals surface area contributed by atoms with E-state index in [-0.39, 0.29) is 0 Å². The largest absolute Gasteiger partial charge is 0.400 e. The molecule has 0 heterocycles. The summed E-state index contributed by atoms with van der Waals surface area (Å²) in [5.41, 5.74) is 8.22. The van der Waals surface area contributed by atoms with Crippen molar-refractivity contribution in [3.05, 3.63) is 162 Å². The zero-order chi connectivity index (χ0) is 30.3. The van der Waals surface area contributed by atoms with Gasteiger partial charge in [-0.25, -0.2) is 0 Å². The van der Waals surface area contributed by atoms with Crippen LogP contribution in [-0.4, -0.2) is 24.4 Å². The highest BCUT2D eigenvalue weighted by Crippen LogP contribution is 2.34. The summed E-state index contributed by atoms with van der Waals surface area (Å²) in [6, 6.07) is 50.9. The van der Waals surface area contributed by atoms with Gasteiger partial charge in [-0.05, 0) is 64.7 Å². The Balaban J connectivity index is 0.000000969. The smallest absolute Gasteiger partial charge is 0.0462 e. The van der Waals surface area contributed by atoms with Crippen LogP contribution in [0, 0.1) is 0 Å². The second kappa shape index (κ2) is 21.4. The first-order chi connectivity index (χ1) is 20.4. The van der Waals surface area contributed by atoms with Crippen LogP contribution < -0.4 is 4.90 Å². The maximum atomic E-state index is 7.00. The second-order valence-electron chi connectivity index (χ2n) is 7.89. The predicted octanol–water partition coefficient (Wildman–Crippen LogP) is 10.0. The van der Waals surface area contributed by atoms with Crippen LogP contribution in [0.3, 0.4) is 0 Å². The highest BCUT2D eigenvalue weighted by molar-refractivity contribution is 5.91. The second-order valence-corrected chi connectivity index (χ2v) is 7.89. The molecule has 0 amide bonds. The van der Waals surface area contributed by atoms with Crippen molar-refractivity contribution in [2.75, 3.05) is 19.1 Å². The van der Waals surface area contributed by atoms with Gasteiger partial charge < -0.3 is 15.1 Å². The molecule has 0 unspecified atom stereocenters. The number of hydrogen-bond donors (Lipinski definition) is 2. The van der Waals surface area contributed by atoms with Gasteiger partial charge in [0.1, 0.15) is 0 Å². The lowest BCUT2D eigenvalue weighted by Crippen LogP contribution is -2.09. The van der Waals surface area contributed by atoms with E-state index < -0.39 is 0 Å². The average Bonchev–Trinajstić information content (AvgIpc) is 3.10. The number of aliphatic hydroxyl groups excluding tert-OH is 2. The van der Waals surface area contributed by atoms with Gasteiger partial charge in [-0.2, -0.15) is 0 Å². The van der Waals surface area contributed by atoms with E-state index in [4.69, 9.17) is 10.2 Å². The maximum Gasteiger partial charge on any atom is 0.0462 e. The first kappa shape index (κ1) is 34.6. The average molecular weight is 548 g/mol. The molecule has 0 spiro atoms. The van der Waals surface area contributed by atoms with E-state index in [1.165, 1.54) is 22.3 Å². The van der Waals surface area contributed by atoms with Crippen molar-refractivity contribution >= 4 is 28.7 Å². The van der Waals surface area contributed by atoms with E-state index in [1.807, 2.05) is 27.7 Å². The van der Waals surface area contributed by atoms with Gasteiger partial charge in [0.25, 0.3) is 0 Å². The Morgan fingerprint density at radius 2 is 0.707 bits per heavy atom. The molecule has 5 aromatic rings. The summed E-state index contributed by atoms with van der Waals surface area (Å²) in [5.74, 6) is 0. The summed E-state index contributed by atoms with van der Waals surface area (Å²) in [5, 5.41) is 14.0.